The van der Waals surface area contributed by atoms with Crippen LogP contribution in [0.3, 0.4) is 0 Å². The van der Waals surface area contributed by atoms with E-state index >= 15 is 0 Å². The molecule has 0 amide bonds. The minimum Gasteiger partial charge on any atom is -0.396 e. The van der Waals surface area contributed by atoms with Crippen LogP contribution in [0.5, 0.6) is 0 Å². The first-order chi connectivity index (χ1) is 8.70. The summed E-state index contributed by atoms with van der Waals surface area (Å²) in [6.45, 7) is 1.97. The molecule has 0 radical (unpaired) electrons. The van der Waals surface area contributed by atoms with E-state index in [4.69, 9.17) is 9.63 Å². The van der Waals surface area contributed by atoms with Crippen LogP contribution in [-0.2, 0) is 6.42 Å². The van der Waals surface area contributed by atoms with Gasteiger partial charge in [-0.25, -0.2) is 4.39 Å². The lowest BCUT2D eigenvalue weighted by Crippen LogP contribution is -1.90. The summed E-state index contributed by atoms with van der Waals surface area (Å²) in [6, 6.07) is 4.47. The SMILES string of the molecule is Cc1cc(F)ccc1-c1noc(CCCCO)n1. The van der Waals surface area contributed by atoms with E-state index in [1.54, 1.807) is 13.0 Å². The van der Waals surface area contributed by atoms with E-state index in [0.717, 1.165) is 17.5 Å². The number of aryl methyl sites for hydroxylation is 2. The van der Waals surface area contributed by atoms with Crippen LogP contribution in [-0.4, -0.2) is 21.9 Å². The number of hydrogen-bond acceptors (Lipinski definition) is 4. The number of nitrogens with zero attached hydrogens (tertiary/aromatic N) is 2. The van der Waals surface area contributed by atoms with Crippen LogP contribution in [0, 0.1) is 12.7 Å². The Morgan fingerprint density at radius 3 is 2.89 bits per heavy atom. The Morgan fingerprint density at radius 1 is 1.33 bits per heavy atom. The van der Waals surface area contributed by atoms with Crippen LogP contribution in [0.1, 0.15) is 24.3 Å². The Balaban J connectivity index is 2.13. The quantitative estimate of drug-likeness (QED) is 0.828. The highest BCUT2D eigenvalue weighted by molar-refractivity contribution is 5.59. The normalized spacial score (nSPS) is 10.8. The summed E-state index contributed by atoms with van der Waals surface area (Å²) < 4.78 is 18.1. The zero-order chi connectivity index (χ0) is 13.0. The molecule has 0 atom stereocenters. The molecule has 0 unspecified atom stereocenters. The molecular formula is C13H15FN2O2. The lowest BCUT2D eigenvalue weighted by Gasteiger charge is -1.99. The lowest BCUT2D eigenvalue weighted by molar-refractivity contribution is 0.281. The monoisotopic (exact) mass is 250 g/mol. The second-order valence-electron chi connectivity index (χ2n) is 4.15. The number of hydrogen-bond donors (Lipinski definition) is 1. The van der Waals surface area contributed by atoms with Gasteiger partial charge in [0.1, 0.15) is 5.82 Å². The molecule has 96 valence electrons. The molecule has 1 heterocycles. The average molecular weight is 250 g/mol. The van der Waals surface area contributed by atoms with Gasteiger partial charge < -0.3 is 9.63 Å². The highest BCUT2D eigenvalue weighted by atomic mass is 19.1. The van der Waals surface area contributed by atoms with Crippen molar-refractivity contribution in [3.63, 3.8) is 0 Å². The molecule has 4 nitrogen and oxygen atoms in total. The van der Waals surface area contributed by atoms with Crippen molar-refractivity contribution in [3.8, 4) is 11.4 Å². The lowest BCUT2D eigenvalue weighted by atomic mass is 10.1. The summed E-state index contributed by atoms with van der Waals surface area (Å²) in [7, 11) is 0. The van der Waals surface area contributed by atoms with Gasteiger partial charge in [0.15, 0.2) is 0 Å². The van der Waals surface area contributed by atoms with E-state index in [1.807, 2.05) is 0 Å². The van der Waals surface area contributed by atoms with Crippen LogP contribution < -0.4 is 0 Å². The van der Waals surface area contributed by atoms with Crippen LogP contribution in [0.25, 0.3) is 11.4 Å². The van der Waals surface area contributed by atoms with Gasteiger partial charge in [-0.05, 0) is 43.5 Å². The van der Waals surface area contributed by atoms with Crippen LogP contribution in [0.4, 0.5) is 4.39 Å². The summed E-state index contributed by atoms with van der Waals surface area (Å²) >= 11 is 0. The van der Waals surface area contributed by atoms with Crippen LogP contribution >= 0.6 is 0 Å². The Morgan fingerprint density at radius 2 is 2.17 bits per heavy atom. The van der Waals surface area contributed by atoms with Gasteiger partial charge in [0, 0.05) is 18.6 Å². The van der Waals surface area contributed by atoms with Gasteiger partial charge >= 0.3 is 0 Å². The molecule has 0 spiro atoms. The summed E-state index contributed by atoms with van der Waals surface area (Å²) in [6.07, 6.45) is 2.17. The summed E-state index contributed by atoms with van der Waals surface area (Å²) in [5, 5.41) is 12.6. The number of benzene rings is 1. The fourth-order valence-electron chi connectivity index (χ4n) is 1.73. The third kappa shape index (κ3) is 2.92. The number of rotatable bonds is 5. The van der Waals surface area contributed by atoms with E-state index < -0.39 is 0 Å². The third-order valence-electron chi connectivity index (χ3n) is 2.70. The summed E-state index contributed by atoms with van der Waals surface area (Å²) in [5.74, 6) is 0.747. The number of aliphatic hydroxyl groups is 1. The average Bonchev–Trinajstić information content (AvgIpc) is 2.78. The maximum Gasteiger partial charge on any atom is 0.226 e. The van der Waals surface area contributed by atoms with E-state index in [-0.39, 0.29) is 12.4 Å². The van der Waals surface area contributed by atoms with Crippen molar-refractivity contribution in [1.82, 2.24) is 10.1 Å². The first-order valence-corrected chi connectivity index (χ1v) is 5.90. The van der Waals surface area contributed by atoms with Crippen molar-refractivity contribution in [2.24, 2.45) is 0 Å². The van der Waals surface area contributed by atoms with Crippen molar-refractivity contribution in [2.75, 3.05) is 6.61 Å². The molecule has 0 saturated carbocycles. The number of unbranched alkanes of at least 4 members (excludes halogenated alkanes) is 1. The predicted octanol–water partition coefficient (Wildman–Crippen LogP) is 2.50. The summed E-state index contributed by atoms with van der Waals surface area (Å²) in [5.41, 5.74) is 1.55. The predicted molar refractivity (Wildman–Crippen MR) is 64.5 cm³/mol. The second kappa shape index (κ2) is 5.73. The maximum atomic E-state index is 13.0. The smallest absolute Gasteiger partial charge is 0.226 e. The van der Waals surface area contributed by atoms with E-state index in [0.29, 0.717) is 24.6 Å². The Labute approximate surface area is 104 Å². The largest absolute Gasteiger partial charge is 0.396 e. The van der Waals surface area contributed by atoms with Crippen molar-refractivity contribution in [2.45, 2.75) is 26.2 Å². The molecule has 1 aromatic carbocycles. The van der Waals surface area contributed by atoms with Crippen molar-refractivity contribution >= 4 is 0 Å². The van der Waals surface area contributed by atoms with E-state index in [1.165, 1.54) is 12.1 Å². The molecule has 5 heteroatoms. The highest BCUT2D eigenvalue weighted by Gasteiger charge is 2.11. The zero-order valence-electron chi connectivity index (χ0n) is 10.2. The molecule has 0 aliphatic rings. The number of aromatic nitrogens is 2. The van der Waals surface area contributed by atoms with Gasteiger partial charge in [0.25, 0.3) is 0 Å². The van der Waals surface area contributed by atoms with Crippen molar-refractivity contribution in [3.05, 3.63) is 35.5 Å². The molecule has 0 bridgehead atoms. The number of aliphatic hydroxyl groups excluding tert-OH is 1. The molecule has 2 aromatic rings. The van der Waals surface area contributed by atoms with Gasteiger partial charge in [-0.15, -0.1) is 0 Å². The van der Waals surface area contributed by atoms with Crippen LogP contribution in [0.15, 0.2) is 22.7 Å². The molecule has 0 fully saturated rings. The molecular weight excluding hydrogens is 235 g/mol. The van der Waals surface area contributed by atoms with Crippen molar-refractivity contribution in [1.29, 1.82) is 0 Å². The van der Waals surface area contributed by atoms with Crippen LogP contribution in [0.2, 0.25) is 0 Å². The molecule has 0 saturated heterocycles. The molecule has 18 heavy (non-hydrogen) atoms. The van der Waals surface area contributed by atoms with Gasteiger partial charge in [0.2, 0.25) is 11.7 Å². The van der Waals surface area contributed by atoms with Crippen molar-refractivity contribution < 1.29 is 14.0 Å². The molecule has 2 rings (SSSR count). The fourth-order valence-corrected chi connectivity index (χ4v) is 1.73. The minimum atomic E-state index is -0.275. The first-order valence-electron chi connectivity index (χ1n) is 5.90. The maximum absolute atomic E-state index is 13.0. The standard InChI is InChI=1S/C13H15FN2O2/c1-9-8-10(14)5-6-11(9)13-15-12(18-16-13)4-2-3-7-17/h5-6,8,17H,2-4,7H2,1H3. The first kappa shape index (κ1) is 12.7. The van der Waals surface area contributed by atoms with E-state index in [2.05, 4.69) is 10.1 Å². The number of halogens is 1. The second-order valence-corrected chi connectivity index (χ2v) is 4.15. The molecule has 1 aromatic heterocycles. The fraction of sp³-hybridized carbons (Fsp3) is 0.385. The Kier molecular flexibility index (Phi) is 4.04. The molecule has 0 aliphatic carbocycles. The molecule has 0 aliphatic heterocycles. The minimum absolute atomic E-state index is 0.165. The van der Waals surface area contributed by atoms with Gasteiger partial charge in [-0.3, -0.25) is 0 Å². The zero-order valence-corrected chi connectivity index (χ0v) is 10.2. The Hall–Kier alpha value is -1.75. The highest BCUT2D eigenvalue weighted by Crippen LogP contribution is 2.21. The summed E-state index contributed by atoms with van der Waals surface area (Å²) in [4.78, 5) is 4.26. The topological polar surface area (TPSA) is 59.2 Å². The van der Waals surface area contributed by atoms with E-state index in [9.17, 15) is 4.39 Å². The third-order valence-corrected chi connectivity index (χ3v) is 2.70. The van der Waals surface area contributed by atoms with Gasteiger partial charge in [-0.1, -0.05) is 5.16 Å². The molecule has 1 N–H and O–H groups in total. The Bertz CT molecular complexity index is 525. The van der Waals surface area contributed by atoms with Gasteiger partial charge in [0.05, 0.1) is 0 Å². The van der Waals surface area contributed by atoms with Gasteiger partial charge in [-0.2, -0.15) is 4.98 Å².